The van der Waals surface area contributed by atoms with Crippen LogP contribution >= 0.6 is 11.6 Å². The summed E-state index contributed by atoms with van der Waals surface area (Å²) in [4.78, 5) is 34.6. The van der Waals surface area contributed by atoms with Gasteiger partial charge in [-0.1, -0.05) is 11.1 Å². The van der Waals surface area contributed by atoms with Gasteiger partial charge in [0.05, 0.1) is 0 Å². The van der Waals surface area contributed by atoms with Crippen LogP contribution in [0, 0.1) is 0 Å². The summed E-state index contributed by atoms with van der Waals surface area (Å²) in [5.74, 6) is -0.0350. The molecule has 0 amide bonds. The summed E-state index contributed by atoms with van der Waals surface area (Å²) in [7, 11) is 0. The molecular formula is C11H12ClMnO5-. The number of hydrogen-bond acceptors (Lipinski definition) is 5. The van der Waals surface area contributed by atoms with Crippen molar-refractivity contribution in [2.75, 3.05) is 0 Å². The van der Waals surface area contributed by atoms with Crippen LogP contribution < -0.4 is 4.74 Å². The van der Waals surface area contributed by atoms with Gasteiger partial charge >= 0.3 is 0 Å². The number of carbonyl (C=O) groups excluding carboxylic acids is 4. The fraction of sp³-hybridized carbons (Fsp3) is 0. The van der Waals surface area contributed by atoms with E-state index in [1.807, 2.05) is 20.4 Å². The van der Waals surface area contributed by atoms with Gasteiger partial charge in [-0.2, -0.15) is 17.7 Å². The molecular weight excluding hydrogens is 303 g/mol. The van der Waals surface area contributed by atoms with Crippen LogP contribution in [0.5, 0.6) is 5.75 Å². The van der Waals surface area contributed by atoms with Gasteiger partial charge in [0.15, 0.2) is 0 Å². The summed E-state index contributed by atoms with van der Waals surface area (Å²) in [5, 5.41) is 0.553. The molecule has 18 heavy (non-hydrogen) atoms. The van der Waals surface area contributed by atoms with Gasteiger partial charge in [-0.05, 0) is 6.08 Å². The number of ether oxygens (including phenoxy) is 1. The quantitative estimate of drug-likeness (QED) is 0.358. The van der Waals surface area contributed by atoms with Gasteiger partial charge in [0.2, 0.25) is 0 Å². The number of carbonyl (C=O) groups is 4. The molecule has 0 bridgehead atoms. The first-order chi connectivity index (χ1) is 8.22. The maximum absolute atomic E-state index is 10.6. The SMILES string of the molecule is C=CC(=O)O[c-]1ccc(Cl)c1.C=O.C=O.C=O.[Mn]. The molecule has 1 aromatic rings. The van der Waals surface area contributed by atoms with Crippen LogP contribution in [-0.2, 0) is 36.2 Å². The van der Waals surface area contributed by atoms with Crippen LogP contribution in [0.4, 0.5) is 0 Å². The molecule has 0 aromatic heterocycles. The van der Waals surface area contributed by atoms with Crippen molar-refractivity contribution in [2.45, 2.75) is 0 Å². The third-order valence-corrected chi connectivity index (χ3v) is 1.31. The summed E-state index contributed by atoms with van der Waals surface area (Å²) >= 11 is 5.57. The topological polar surface area (TPSA) is 77.5 Å². The van der Waals surface area contributed by atoms with E-state index in [1.54, 1.807) is 18.2 Å². The minimum absolute atomic E-state index is 0. The first-order valence-corrected chi connectivity index (χ1v) is 4.23. The smallest absolute Gasteiger partial charge is 0.257 e. The maximum Gasteiger partial charge on any atom is 0.257 e. The van der Waals surface area contributed by atoms with E-state index in [-0.39, 0.29) is 17.1 Å². The van der Waals surface area contributed by atoms with Gasteiger partial charge in [-0.3, -0.25) is 0 Å². The van der Waals surface area contributed by atoms with Gasteiger partial charge in [0, 0.05) is 22.8 Å². The van der Waals surface area contributed by atoms with E-state index in [1.165, 1.54) is 0 Å². The van der Waals surface area contributed by atoms with Crippen LogP contribution in [0.2, 0.25) is 5.02 Å². The predicted octanol–water partition coefficient (Wildman–Crippen LogP) is 1.59. The third kappa shape index (κ3) is 14.4. The molecule has 0 saturated carbocycles. The maximum atomic E-state index is 10.6. The van der Waals surface area contributed by atoms with E-state index in [2.05, 4.69) is 6.58 Å². The fourth-order valence-electron chi connectivity index (χ4n) is 0.615. The van der Waals surface area contributed by atoms with E-state index >= 15 is 0 Å². The van der Waals surface area contributed by atoms with Crippen molar-refractivity contribution in [2.24, 2.45) is 0 Å². The zero-order chi connectivity index (χ0) is 14.3. The van der Waals surface area contributed by atoms with E-state index in [4.69, 9.17) is 30.7 Å². The van der Waals surface area contributed by atoms with Crippen molar-refractivity contribution in [1.29, 1.82) is 0 Å². The number of rotatable bonds is 2. The van der Waals surface area contributed by atoms with E-state index in [0.717, 1.165) is 6.08 Å². The predicted molar refractivity (Wildman–Crippen MR) is 64.2 cm³/mol. The van der Waals surface area contributed by atoms with Crippen LogP contribution in [-0.4, -0.2) is 26.3 Å². The minimum atomic E-state index is -0.479. The van der Waals surface area contributed by atoms with Crippen molar-refractivity contribution in [3.63, 3.8) is 0 Å². The first kappa shape index (κ1) is 25.3. The normalized spacial score (nSPS) is 6.28. The summed E-state index contributed by atoms with van der Waals surface area (Å²) in [5.41, 5.74) is 0. The second kappa shape index (κ2) is 20.8. The average Bonchev–Trinajstić information content (AvgIpc) is 2.82. The average molecular weight is 315 g/mol. The molecule has 1 aromatic carbocycles. The zero-order valence-electron chi connectivity index (χ0n) is 9.43. The van der Waals surface area contributed by atoms with E-state index < -0.39 is 5.97 Å². The van der Waals surface area contributed by atoms with Crippen LogP contribution in [0.15, 0.2) is 30.9 Å². The van der Waals surface area contributed by atoms with Gasteiger partial charge in [-0.15, -0.1) is 12.6 Å². The van der Waals surface area contributed by atoms with Crippen molar-refractivity contribution in [3.8, 4) is 5.75 Å². The molecule has 5 nitrogen and oxygen atoms in total. The van der Waals surface area contributed by atoms with Gasteiger partial charge in [0.25, 0.3) is 5.97 Å². The molecule has 0 aliphatic carbocycles. The molecule has 0 atom stereocenters. The molecule has 1 rings (SSSR count). The summed E-state index contributed by atoms with van der Waals surface area (Å²) in [6, 6.07) is 4.82. The van der Waals surface area contributed by atoms with Crippen molar-refractivity contribution >= 4 is 37.9 Å². The number of halogens is 1. The Morgan fingerprint density at radius 2 is 1.67 bits per heavy atom. The Hall–Kier alpha value is -1.62. The minimum Gasteiger partial charge on any atom is -0.515 e. The Morgan fingerprint density at radius 3 is 1.94 bits per heavy atom. The standard InChI is InChI=1S/C8H6ClO2.3CH2O.Mn/c1-2-8(10)11-7-4-3-6(9)5-7;3*1-2;/h2-5H,1H2;3*1H2;/q-1;;;;. The van der Waals surface area contributed by atoms with Gasteiger partial charge in [0.1, 0.15) is 20.4 Å². The van der Waals surface area contributed by atoms with Crippen molar-refractivity contribution < 1.29 is 41.0 Å². The molecule has 1 radical (unpaired) electrons. The Bertz CT molecular complexity index is 322. The van der Waals surface area contributed by atoms with Crippen LogP contribution in [0.25, 0.3) is 0 Å². The molecule has 0 N–H and O–H groups in total. The molecule has 0 saturated heterocycles. The number of esters is 1. The first-order valence-electron chi connectivity index (χ1n) is 3.85. The van der Waals surface area contributed by atoms with Gasteiger partial charge in [-0.25, -0.2) is 0 Å². The monoisotopic (exact) mass is 314 g/mol. The van der Waals surface area contributed by atoms with Crippen molar-refractivity contribution in [3.05, 3.63) is 35.9 Å². The Morgan fingerprint density at radius 1 is 1.22 bits per heavy atom. The molecule has 0 aliphatic heterocycles. The van der Waals surface area contributed by atoms with Crippen molar-refractivity contribution in [1.82, 2.24) is 0 Å². The summed E-state index contributed by atoms with van der Waals surface area (Å²) in [6.45, 7) is 9.26. The molecule has 0 unspecified atom stereocenters. The Kier molecular flexibility index (Phi) is 29.1. The zero-order valence-corrected chi connectivity index (χ0v) is 11.4. The Labute approximate surface area is 121 Å². The molecule has 0 aliphatic rings. The third-order valence-electron chi connectivity index (χ3n) is 1.07. The molecule has 0 fully saturated rings. The molecule has 0 spiro atoms. The second-order valence-corrected chi connectivity index (χ2v) is 2.33. The van der Waals surface area contributed by atoms with Crippen LogP contribution in [0.3, 0.4) is 0 Å². The molecule has 101 valence electrons. The Balaban J connectivity index is -0.000000123. The fourth-order valence-corrected chi connectivity index (χ4v) is 0.786. The van der Waals surface area contributed by atoms with E-state index in [9.17, 15) is 4.79 Å². The summed E-state index contributed by atoms with van der Waals surface area (Å²) < 4.78 is 4.74. The summed E-state index contributed by atoms with van der Waals surface area (Å²) in [6.07, 6.45) is 1.10. The molecule has 7 heteroatoms. The molecule has 0 heterocycles. The second-order valence-electron chi connectivity index (χ2n) is 1.89. The number of hydrogen-bond donors (Lipinski definition) is 0. The van der Waals surface area contributed by atoms with Crippen LogP contribution in [0.1, 0.15) is 0 Å². The largest absolute Gasteiger partial charge is 0.515 e. The van der Waals surface area contributed by atoms with Gasteiger partial charge < -0.3 is 23.9 Å². The van der Waals surface area contributed by atoms with E-state index in [0.29, 0.717) is 10.8 Å².